The predicted octanol–water partition coefficient (Wildman–Crippen LogP) is 4.26. The third kappa shape index (κ3) is 4.66. The molecule has 0 fully saturated rings. The van der Waals surface area contributed by atoms with Crippen LogP contribution in [0.15, 0.2) is 53.3 Å². The highest BCUT2D eigenvalue weighted by Gasteiger charge is 2.24. The topological polar surface area (TPSA) is 122 Å². The maximum Gasteiger partial charge on any atom is 0.355 e. The number of anilines is 3. The van der Waals surface area contributed by atoms with E-state index in [4.69, 9.17) is 0 Å². The SMILES string of the molecule is Cc1cccc(Nc2ncnc(NNC(=O)c3ccc(Br)cc3)c2[N+](=O)[O-])c1C. The lowest BCUT2D eigenvalue weighted by Crippen LogP contribution is -2.30. The van der Waals surface area contributed by atoms with Crippen molar-refractivity contribution in [2.75, 3.05) is 10.7 Å². The summed E-state index contributed by atoms with van der Waals surface area (Å²) < 4.78 is 0.829. The van der Waals surface area contributed by atoms with Gasteiger partial charge in [-0.25, -0.2) is 9.97 Å². The summed E-state index contributed by atoms with van der Waals surface area (Å²) in [4.78, 5) is 31.2. The van der Waals surface area contributed by atoms with Gasteiger partial charge >= 0.3 is 5.69 Å². The third-order valence-corrected chi connectivity index (χ3v) is 4.79. The first-order chi connectivity index (χ1) is 13.9. The van der Waals surface area contributed by atoms with Gasteiger partial charge < -0.3 is 5.32 Å². The molecule has 9 nitrogen and oxygen atoms in total. The lowest BCUT2D eigenvalue weighted by atomic mass is 10.1. The Labute approximate surface area is 174 Å². The summed E-state index contributed by atoms with van der Waals surface area (Å²) in [5.74, 6) is -0.586. The Hall–Kier alpha value is -3.53. The van der Waals surface area contributed by atoms with Crippen LogP contribution in [0.1, 0.15) is 21.5 Å². The first kappa shape index (κ1) is 20.2. The Bertz CT molecular complexity index is 1070. The van der Waals surface area contributed by atoms with Crippen molar-refractivity contribution in [1.29, 1.82) is 0 Å². The second-order valence-electron chi connectivity index (χ2n) is 6.14. The lowest BCUT2D eigenvalue weighted by molar-refractivity contribution is -0.383. The predicted molar refractivity (Wildman–Crippen MR) is 113 cm³/mol. The zero-order valence-electron chi connectivity index (χ0n) is 15.6. The number of hydrogen-bond acceptors (Lipinski definition) is 7. The number of nitro groups is 1. The Morgan fingerprint density at radius 1 is 1.07 bits per heavy atom. The molecule has 3 aromatic rings. The van der Waals surface area contributed by atoms with E-state index >= 15 is 0 Å². The Kier molecular flexibility index (Phi) is 6.03. The summed E-state index contributed by atoms with van der Waals surface area (Å²) in [5, 5.41) is 14.6. The Balaban J connectivity index is 1.85. The Morgan fingerprint density at radius 3 is 2.45 bits per heavy atom. The highest BCUT2D eigenvalue weighted by atomic mass is 79.9. The molecule has 0 radical (unpaired) electrons. The van der Waals surface area contributed by atoms with Crippen LogP contribution in [-0.4, -0.2) is 20.8 Å². The van der Waals surface area contributed by atoms with Crippen molar-refractivity contribution in [3.05, 3.63) is 80.1 Å². The number of benzene rings is 2. The van der Waals surface area contributed by atoms with Gasteiger partial charge in [-0.15, -0.1) is 0 Å². The summed E-state index contributed by atoms with van der Waals surface area (Å²) >= 11 is 3.29. The highest BCUT2D eigenvalue weighted by molar-refractivity contribution is 9.10. The first-order valence-electron chi connectivity index (χ1n) is 8.51. The standard InChI is InChI=1S/C19H17BrN6O3/c1-11-4-3-5-15(12(11)2)23-17-16(26(28)29)18(22-10-21-17)24-25-19(27)13-6-8-14(20)9-7-13/h3-10H,1-2H3,(H,25,27)(H2,21,22,23,24). The molecule has 0 bridgehead atoms. The van der Waals surface area contributed by atoms with Crippen LogP contribution >= 0.6 is 15.9 Å². The molecule has 1 amide bonds. The van der Waals surface area contributed by atoms with Crippen molar-refractivity contribution in [3.63, 3.8) is 0 Å². The van der Waals surface area contributed by atoms with E-state index < -0.39 is 10.8 Å². The van der Waals surface area contributed by atoms with Gasteiger partial charge in [-0.05, 0) is 55.3 Å². The average molecular weight is 457 g/mol. The molecule has 0 aliphatic rings. The second-order valence-corrected chi connectivity index (χ2v) is 7.05. The van der Waals surface area contributed by atoms with Crippen molar-refractivity contribution >= 4 is 44.8 Å². The van der Waals surface area contributed by atoms with Crippen LogP contribution in [0.25, 0.3) is 0 Å². The second kappa shape index (κ2) is 8.65. The van der Waals surface area contributed by atoms with E-state index in [1.54, 1.807) is 30.3 Å². The van der Waals surface area contributed by atoms with E-state index in [-0.39, 0.29) is 17.3 Å². The van der Waals surface area contributed by atoms with Crippen LogP contribution in [-0.2, 0) is 0 Å². The molecule has 0 aliphatic carbocycles. The number of hydrazine groups is 1. The molecule has 2 aromatic carbocycles. The van der Waals surface area contributed by atoms with Crippen molar-refractivity contribution in [3.8, 4) is 0 Å². The molecule has 148 valence electrons. The maximum absolute atomic E-state index is 12.3. The number of amides is 1. The monoisotopic (exact) mass is 456 g/mol. The molecule has 1 aromatic heterocycles. The zero-order valence-corrected chi connectivity index (χ0v) is 17.1. The van der Waals surface area contributed by atoms with Crippen LogP contribution in [0.5, 0.6) is 0 Å². The van der Waals surface area contributed by atoms with Crippen molar-refractivity contribution in [2.24, 2.45) is 0 Å². The smallest absolute Gasteiger partial charge is 0.334 e. The van der Waals surface area contributed by atoms with Gasteiger partial charge in [0.2, 0.25) is 11.6 Å². The fraction of sp³-hybridized carbons (Fsp3) is 0.105. The van der Waals surface area contributed by atoms with Gasteiger partial charge in [0.05, 0.1) is 4.92 Å². The first-order valence-corrected chi connectivity index (χ1v) is 9.30. The number of hydrogen-bond donors (Lipinski definition) is 3. The molecule has 0 saturated carbocycles. The summed E-state index contributed by atoms with van der Waals surface area (Å²) in [6, 6.07) is 12.2. The summed E-state index contributed by atoms with van der Waals surface area (Å²) in [5.41, 5.74) is 7.59. The van der Waals surface area contributed by atoms with Gasteiger partial charge in [-0.2, -0.15) is 0 Å². The summed E-state index contributed by atoms with van der Waals surface area (Å²) in [7, 11) is 0. The van der Waals surface area contributed by atoms with Crippen molar-refractivity contribution < 1.29 is 9.72 Å². The van der Waals surface area contributed by atoms with E-state index in [0.29, 0.717) is 11.3 Å². The van der Waals surface area contributed by atoms with Crippen LogP contribution in [0.3, 0.4) is 0 Å². The molecule has 3 rings (SSSR count). The van der Waals surface area contributed by atoms with Crippen LogP contribution < -0.4 is 16.2 Å². The minimum atomic E-state index is -0.610. The van der Waals surface area contributed by atoms with Gasteiger partial charge in [-0.1, -0.05) is 28.1 Å². The number of carbonyl (C=O) groups is 1. The average Bonchev–Trinajstić information content (AvgIpc) is 2.70. The van der Waals surface area contributed by atoms with Gasteiger partial charge in [0, 0.05) is 15.7 Å². The number of nitrogens with zero attached hydrogens (tertiary/aromatic N) is 3. The molecule has 0 unspecified atom stereocenters. The van der Waals surface area contributed by atoms with Crippen LogP contribution in [0.4, 0.5) is 23.0 Å². The zero-order chi connectivity index (χ0) is 21.0. The molecule has 29 heavy (non-hydrogen) atoms. The van der Waals surface area contributed by atoms with Gasteiger partial charge in [0.25, 0.3) is 5.91 Å². The fourth-order valence-corrected chi connectivity index (χ4v) is 2.80. The number of aromatic nitrogens is 2. The molecule has 10 heteroatoms. The van der Waals surface area contributed by atoms with E-state index in [2.05, 4.69) is 42.1 Å². The molecule has 0 saturated heterocycles. The molecule has 0 spiro atoms. The maximum atomic E-state index is 12.3. The third-order valence-electron chi connectivity index (χ3n) is 4.26. The van der Waals surface area contributed by atoms with E-state index in [1.165, 1.54) is 6.33 Å². The number of aryl methyl sites for hydroxylation is 1. The number of carbonyl (C=O) groups excluding carboxylic acids is 1. The van der Waals surface area contributed by atoms with E-state index in [1.807, 2.05) is 26.0 Å². The number of rotatable bonds is 6. The minimum absolute atomic E-state index is 0.0130. The van der Waals surface area contributed by atoms with Crippen molar-refractivity contribution in [1.82, 2.24) is 15.4 Å². The molecule has 0 aliphatic heterocycles. The normalized spacial score (nSPS) is 10.3. The largest absolute Gasteiger partial charge is 0.355 e. The fourth-order valence-electron chi connectivity index (χ4n) is 2.54. The number of nitrogens with one attached hydrogen (secondary N) is 3. The Morgan fingerprint density at radius 2 is 1.76 bits per heavy atom. The molecule has 3 N–H and O–H groups in total. The van der Waals surface area contributed by atoms with Crippen LogP contribution in [0.2, 0.25) is 0 Å². The van der Waals surface area contributed by atoms with Gasteiger partial charge in [-0.3, -0.25) is 25.8 Å². The quantitative estimate of drug-likeness (QED) is 0.373. The molecule has 1 heterocycles. The molecule has 0 atom stereocenters. The van der Waals surface area contributed by atoms with Crippen LogP contribution in [0, 0.1) is 24.0 Å². The van der Waals surface area contributed by atoms with Gasteiger partial charge in [0.15, 0.2) is 0 Å². The highest BCUT2D eigenvalue weighted by Crippen LogP contribution is 2.32. The molecular weight excluding hydrogens is 440 g/mol. The summed E-state index contributed by atoms with van der Waals surface area (Å²) in [6.07, 6.45) is 1.18. The summed E-state index contributed by atoms with van der Waals surface area (Å²) in [6.45, 7) is 3.85. The lowest BCUT2D eigenvalue weighted by Gasteiger charge is -2.13. The van der Waals surface area contributed by atoms with Gasteiger partial charge in [0.1, 0.15) is 6.33 Å². The van der Waals surface area contributed by atoms with Crippen molar-refractivity contribution in [2.45, 2.75) is 13.8 Å². The minimum Gasteiger partial charge on any atom is -0.334 e. The van der Waals surface area contributed by atoms with E-state index in [9.17, 15) is 14.9 Å². The van der Waals surface area contributed by atoms with E-state index in [0.717, 1.165) is 15.6 Å². The molecular formula is C19H17BrN6O3. The number of halogens is 1.